The molecule has 0 aliphatic heterocycles. The predicted octanol–water partition coefficient (Wildman–Crippen LogP) is 2.18. The lowest BCUT2D eigenvalue weighted by molar-refractivity contribution is 1.23. The highest BCUT2D eigenvalue weighted by atomic mass is 14.8. The van der Waals surface area contributed by atoms with Crippen LogP contribution >= 0.6 is 0 Å². The molecule has 3 aromatic rings. The highest BCUT2D eigenvalue weighted by Gasteiger charge is 1.99. The molecule has 0 N–H and O–H groups in total. The van der Waals surface area contributed by atoms with Gasteiger partial charge < -0.3 is 0 Å². The molecule has 0 saturated carbocycles. The van der Waals surface area contributed by atoms with E-state index in [0.29, 0.717) is 0 Å². The maximum absolute atomic E-state index is 4.24. The molecule has 0 aliphatic carbocycles. The van der Waals surface area contributed by atoms with Crippen molar-refractivity contribution in [3.8, 4) is 0 Å². The van der Waals surface area contributed by atoms with E-state index in [1.54, 1.807) is 6.33 Å². The quantitative estimate of drug-likeness (QED) is 0.533. The Bertz CT molecular complexity index is 604. The fraction of sp³-hybridized carbons (Fsp3) is 0. The van der Waals surface area contributed by atoms with Crippen molar-refractivity contribution in [1.82, 2.24) is 15.0 Å². The number of aromatic nitrogens is 3. The summed E-state index contributed by atoms with van der Waals surface area (Å²) in [6.45, 7) is 0. The van der Waals surface area contributed by atoms with Gasteiger partial charge in [0.15, 0.2) is 0 Å². The molecule has 0 bridgehead atoms. The van der Waals surface area contributed by atoms with Crippen LogP contribution in [-0.2, 0) is 0 Å². The zero-order valence-corrected chi connectivity index (χ0v) is 7.38. The molecule has 0 unspecified atom stereocenters. The fourth-order valence-corrected chi connectivity index (χ4v) is 1.64. The van der Waals surface area contributed by atoms with Gasteiger partial charge in [0.05, 0.1) is 5.52 Å². The van der Waals surface area contributed by atoms with Crippen LogP contribution in [0.3, 0.4) is 0 Å². The summed E-state index contributed by atoms with van der Waals surface area (Å²) in [5.74, 6) is 0. The predicted molar refractivity (Wildman–Crippen MR) is 54.8 cm³/mol. The average Bonchev–Trinajstić information content (AvgIpc) is 2.55. The van der Waals surface area contributed by atoms with E-state index in [2.05, 4.69) is 15.0 Å². The molecule has 0 amide bonds. The molecule has 0 radical (unpaired) electrons. The lowest BCUT2D eigenvalue weighted by Crippen LogP contribution is -1.70. The van der Waals surface area contributed by atoms with Crippen LogP contribution in [0.5, 0.6) is 0 Å². The van der Waals surface area contributed by atoms with Crippen molar-refractivity contribution >= 4 is 21.7 Å². The van der Waals surface area contributed by atoms with Gasteiger partial charge in [-0.15, -0.1) is 0 Å². The molecule has 0 spiro atoms. The van der Waals surface area contributed by atoms with E-state index in [-0.39, 0.29) is 0 Å². The molecule has 3 rings (SSSR count). The Balaban J connectivity index is 2.64. The monoisotopic (exact) mass is 181 g/mol. The summed E-state index contributed by atoms with van der Waals surface area (Å²) in [6.07, 6.45) is 6.99. The van der Waals surface area contributed by atoms with Gasteiger partial charge in [0.1, 0.15) is 6.33 Å². The third-order valence-electron chi connectivity index (χ3n) is 2.30. The second-order valence-electron chi connectivity index (χ2n) is 3.12. The van der Waals surface area contributed by atoms with Gasteiger partial charge in [-0.1, -0.05) is 6.07 Å². The Kier molecular flexibility index (Phi) is 1.44. The first-order valence-corrected chi connectivity index (χ1v) is 4.37. The Morgan fingerprint density at radius 1 is 0.857 bits per heavy atom. The van der Waals surface area contributed by atoms with Crippen LogP contribution in [0.2, 0.25) is 0 Å². The molecular formula is C11H7N3. The minimum Gasteiger partial charge on any atom is -0.256 e. The van der Waals surface area contributed by atoms with Gasteiger partial charge in [-0.25, -0.2) is 9.97 Å². The Labute approximate surface area is 80.5 Å². The summed E-state index contributed by atoms with van der Waals surface area (Å²) in [5, 5.41) is 3.31. The SMILES string of the molecule is c1ncc2ccc3nccc3c2cn1. The molecule has 0 atom stereocenters. The molecule has 2 heterocycles. The second-order valence-corrected chi connectivity index (χ2v) is 3.12. The van der Waals surface area contributed by atoms with Crippen LogP contribution in [0.1, 0.15) is 0 Å². The lowest BCUT2D eigenvalue weighted by atomic mass is 10.1. The third-order valence-corrected chi connectivity index (χ3v) is 2.30. The van der Waals surface area contributed by atoms with Crippen molar-refractivity contribution in [3.63, 3.8) is 0 Å². The summed E-state index contributed by atoms with van der Waals surface area (Å²) in [4.78, 5) is 12.3. The summed E-state index contributed by atoms with van der Waals surface area (Å²) < 4.78 is 0. The van der Waals surface area contributed by atoms with Gasteiger partial charge in [0.2, 0.25) is 0 Å². The number of hydrogen-bond acceptors (Lipinski definition) is 3. The van der Waals surface area contributed by atoms with Crippen LogP contribution in [0.25, 0.3) is 21.7 Å². The van der Waals surface area contributed by atoms with Gasteiger partial charge in [-0.05, 0) is 12.1 Å². The van der Waals surface area contributed by atoms with E-state index in [1.165, 1.54) is 0 Å². The van der Waals surface area contributed by atoms with Gasteiger partial charge in [-0.3, -0.25) is 4.98 Å². The lowest BCUT2D eigenvalue weighted by Gasteiger charge is -1.92. The maximum Gasteiger partial charge on any atom is 0.115 e. The average molecular weight is 181 g/mol. The van der Waals surface area contributed by atoms with E-state index in [0.717, 1.165) is 21.7 Å². The molecule has 14 heavy (non-hydrogen) atoms. The molecule has 3 heteroatoms. The Morgan fingerprint density at radius 3 is 2.79 bits per heavy atom. The summed E-state index contributed by atoms with van der Waals surface area (Å²) in [5.41, 5.74) is 1.01. The van der Waals surface area contributed by atoms with Crippen molar-refractivity contribution < 1.29 is 0 Å². The zero-order chi connectivity index (χ0) is 9.38. The number of hydrogen-bond donors (Lipinski definition) is 0. The van der Waals surface area contributed by atoms with Crippen molar-refractivity contribution in [2.75, 3.05) is 0 Å². The molecule has 2 aromatic heterocycles. The number of fused-ring (bicyclic) bond motifs is 3. The van der Waals surface area contributed by atoms with Crippen molar-refractivity contribution in [1.29, 1.82) is 0 Å². The molecule has 0 aliphatic rings. The topological polar surface area (TPSA) is 38.7 Å². The largest absolute Gasteiger partial charge is 0.256 e. The normalized spacial score (nSPS) is 10.9. The molecule has 0 fully saturated rings. The van der Waals surface area contributed by atoms with Gasteiger partial charge in [0, 0.05) is 34.7 Å². The van der Waals surface area contributed by atoms with E-state index < -0.39 is 0 Å². The minimum absolute atomic E-state index is 1.01. The van der Waals surface area contributed by atoms with Crippen molar-refractivity contribution in [2.24, 2.45) is 0 Å². The third kappa shape index (κ3) is 0.956. The van der Waals surface area contributed by atoms with Gasteiger partial charge in [0.25, 0.3) is 0 Å². The number of rotatable bonds is 0. The van der Waals surface area contributed by atoms with E-state index in [1.807, 2.05) is 36.8 Å². The first-order chi connectivity index (χ1) is 6.95. The molecular weight excluding hydrogens is 174 g/mol. The molecule has 0 saturated heterocycles. The maximum atomic E-state index is 4.24. The van der Waals surface area contributed by atoms with Crippen molar-refractivity contribution in [2.45, 2.75) is 0 Å². The summed E-state index contributed by atoms with van der Waals surface area (Å²) in [7, 11) is 0. The van der Waals surface area contributed by atoms with Crippen LogP contribution < -0.4 is 0 Å². The van der Waals surface area contributed by atoms with Crippen LogP contribution in [-0.4, -0.2) is 15.0 Å². The standard InChI is InChI=1S/C11H7N3/c1-2-11-9(3-4-14-11)10-6-13-7-12-5-8(1)10/h1-7H. The highest BCUT2D eigenvalue weighted by molar-refractivity contribution is 6.05. The number of benzene rings is 1. The fourth-order valence-electron chi connectivity index (χ4n) is 1.64. The first-order valence-electron chi connectivity index (χ1n) is 4.37. The Morgan fingerprint density at radius 2 is 1.79 bits per heavy atom. The Hall–Kier alpha value is -2.03. The zero-order valence-electron chi connectivity index (χ0n) is 7.38. The van der Waals surface area contributed by atoms with Crippen LogP contribution in [0, 0.1) is 0 Å². The van der Waals surface area contributed by atoms with Crippen LogP contribution in [0.4, 0.5) is 0 Å². The van der Waals surface area contributed by atoms with Gasteiger partial charge in [-0.2, -0.15) is 0 Å². The smallest absolute Gasteiger partial charge is 0.115 e. The molecule has 3 nitrogen and oxygen atoms in total. The van der Waals surface area contributed by atoms with E-state index >= 15 is 0 Å². The summed E-state index contributed by atoms with van der Waals surface area (Å²) >= 11 is 0. The van der Waals surface area contributed by atoms with Crippen LogP contribution in [0.15, 0.2) is 43.1 Å². The van der Waals surface area contributed by atoms with Gasteiger partial charge >= 0.3 is 0 Å². The van der Waals surface area contributed by atoms with E-state index in [9.17, 15) is 0 Å². The van der Waals surface area contributed by atoms with Crippen molar-refractivity contribution in [3.05, 3.63) is 43.1 Å². The number of nitrogens with zero attached hydrogens (tertiary/aromatic N) is 3. The molecule has 1 aromatic carbocycles. The first kappa shape index (κ1) is 7.38. The van der Waals surface area contributed by atoms with E-state index in [4.69, 9.17) is 0 Å². The second kappa shape index (κ2) is 2.73. The summed E-state index contributed by atoms with van der Waals surface area (Å²) in [6, 6.07) is 6.01. The molecule has 66 valence electrons. The highest BCUT2D eigenvalue weighted by Crippen LogP contribution is 2.22. The minimum atomic E-state index is 1.01.